The number of benzene rings is 2. The van der Waals surface area contributed by atoms with Crippen molar-refractivity contribution in [3.63, 3.8) is 0 Å². The Morgan fingerprint density at radius 3 is 2.52 bits per heavy atom. The summed E-state index contributed by atoms with van der Waals surface area (Å²) in [5, 5.41) is 2.89. The van der Waals surface area contributed by atoms with Crippen molar-refractivity contribution in [1.29, 1.82) is 0 Å². The Morgan fingerprint density at radius 1 is 1.17 bits per heavy atom. The number of amides is 1. The quantitative estimate of drug-likeness (QED) is 0.783. The van der Waals surface area contributed by atoms with E-state index >= 15 is 0 Å². The average Bonchev–Trinajstić information content (AvgIpc) is 2.91. The Balaban J connectivity index is 1.88. The molecule has 0 saturated heterocycles. The van der Waals surface area contributed by atoms with Gasteiger partial charge < -0.3 is 9.73 Å². The number of fused-ring (bicyclic) bond motifs is 1. The monoisotopic (exact) mass is 350 g/mol. The molecular weight excluding hydrogens is 340 g/mol. The van der Waals surface area contributed by atoms with Crippen LogP contribution in [0.15, 0.2) is 52.1 Å². The van der Waals surface area contributed by atoms with Gasteiger partial charge in [0.25, 0.3) is 5.91 Å². The molecule has 0 bridgehead atoms. The Morgan fingerprint density at radius 2 is 1.87 bits per heavy atom. The molecule has 1 aromatic heterocycles. The van der Waals surface area contributed by atoms with Crippen LogP contribution in [0.1, 0.15) is 10.4 Å². The third kappa shape index (κ3) is 3.35. The highest BCUT2D eigenvalue weighted by molar-refractivity contribution is 7.90. The SMILES string of the molecule is CS(=O)(=O)c1nc2ccc(NC(=O)c3ccc(Cl)cc3)cc2o1. The molecule has 1 heterocycles. The number of carbonyl (C=O) groups is 1. The van der Waals surface area contributed by atoms with Crippen molar-refractivity contribution in [2.45, 2.75) is 5.22 Å². The van der Waals surface area contributed by atoms with E-state index < -0.39 is 9.84 Å². The number of carbonyl (C=O) groups excluding carboxylic acids is 1. The number of nitrogens with zero attached hydrogens (tertiary/aromatic N) is 1. The van der Waals surface area contributed by atoms with Crippen molar-refractivity contribution in [2.24, 2.45) is 0 Å². The van der Waals surface area contributed by atoms with Gasteiger partial charge in [-0.25, -0.2) is 8.42 Å². The van der Waals surface area contributed by atoms with E-state index in [0.717, 1.165) is 6.26 Å². The molecule has 0 aliphatic carbocycles. The Kier molecular flexibility index (Phi) is 3.83. The van der Waals surface area contributed by atoms with E-state index in [0.29, 0.717) is 21.8 Å². The standard InChI is InChI=1S/C15H11ClN2O4S/c1-23(20,21)15-18-12-7-6-11(8-13(12)22-15)17-14(19)9-2-4-10(16)5-3-9/h2-8H,1H3,(H,17,19). The maximum atomic E-state index is 12.1. The fraction of sp³-hybridized carbons (Fsp3) is 0.0667. The predicted octanol–water partition coefficient (Wildman–Crippen LogP) is 3.14. The van der Waals surface area contributed by atoms with Crippen LogP contribution in [-0.4, -0.2) is 25.6 Å². The zero-order valence-electron chi connectivity index (χ0n) is 11.9. The Labute approximate surface area is 137 Å². The van der Waals surface area contributed by atoms with Crippen molar-refractivity contribution >= 4 is 44.1 Å². The van der Waals surface area contributed by atoms with Crippen LogP contribution in [-0.2, 0) is 9.84 Å². The highest BCUT2D eigenvalue weighted by Crippen LogP contribution is 2.23. The lowest BCUT2D eigenvalue weighted by Crippen LogP contribution is -2.11. The normalized spacial score (nSPS) is 11.6. The largest absolute Gasteiger partial charge is 0.428 e. The first-order valence-electron chi connectivity index (χ1n) is 6.50. The molecule has 1 N–H and O–H groups in total. The highest BCUT2D eigenvalue weighted by atomic mass is 35.5. The van der Waals surface area contributed by atoms with Gasteiger partial charge in [-0.2, -0.15) is 4.98 Å². The van der Waals surface area contributed by atoms with Crippen LogP contribution in [0.3, 0.4) is 0 Å². The summed E-state index contributed by atoms with van der Waals surface area (Å²) in [7, 11) is -3.53. The Hall–Kier alpha value is -2.38. The van der Waals surface area contributed by atoms with Crippen LogP contribution in [0.5, 0.6) is 0 Å². The minimum atomic E-state index is -3.53. The summed E-state index contributed by atoms with van der Waals surface area (Å²) in [4.78, 5) is 16.0. The van der Waals surface area contributed by atoms with Gasteiger partial charge in [-0.05, 0) is 36.4 Å². The fourth-order valence-electron chi connectivity index (χ4n) is 1.94. The third-order valence-corrected chi connectivity index (χ3v) is 4.11. The summed E-state index contributed by atoms with van der Waals surface area (Å²) in [5.74, 6) is -0.316. The average molecular weight is 351 g/mol. The molecule has 0 spiro atoms. The second kappa shape index (κ2) is 5.68. The molecule has 3 rings (SSSR count). The molecule has 3 aromatic rings. The lowest BCUT2D eigenvalue weighted by atomic mass is 10.2. The molecule has 8 heteroatoms. The van der Waals surface area contributed by atoms with E-state index in [9.17, 15) is 13.2 Å². The van der Waals surface area contributed by atoms with E-state index in [1.54, 1.807) is 36.4 Å². The molecule has 0 radical (unpaired) electrons. The first-order chi connectivity index (χ1) is 10.8. The summed E-state index contributed by atoms with van der Waals surface area (Å²) in [6, 6.07) is 11.2. The van der Waals surface area contributed by atoms with Gasteiger partial charge in [0.2, 0.25) is 9.84 Å². The predicted molar refractivity (Wildman–Crippen MR) is 86.5 cm³/mol. The fourth-order valence-corrected chi connectivity index (χ4v) is 2.58. The zero-order valence-corrected chi connectivity index (χ0v) is 13.5. The molecule has 0 unspecified atom stereocenters. The van der Waals surface area contributed by atoms with E-state index in [1.165, 1.54) is 6.07 Å². The summed E-state index contributed by atoms with van der Waals surface area (Å²) in [6.45, 7) is 0. The second-order valence-corrected chi connectivity index (χ2v) is 7.23. The third-order valence-electron chi connectivity index (χ3n) is 3.05. The van der Waals surface area contributed by atoms with Crippen molar-refractivity contribution in [3.8, 4) is 0 Å². The number of anilines is 1. The highest BCUT2D eigenvalue weighted by Gasteiger charge is 2.16. The summed E-state index contributed by atoms with van der Waals surface area (Å²) < 4.78 is 28.1. The maximum absolute atomic E-state index is 12.1. The first-order valence-corrected chi connectivity index (χ1v) is 8.77. The molecule has 1 amide bonds. The molecule has 0 fully saturated rings. The smallest absolute Gasteiger partial charge is 0.315 e. The molecule has 0 saturated carbocycles. The molecule has 0 aliphatic rings. The number of hydrogen-bond donors (Lipinski definition) is 1. The topological polar surface area (TPSA) is 89.3 Å². The van der Waals surface area contributed by atoms with Crippen molar-refractivity contribution in [2.75, 3.05) is 11.6 Å². The van der Waals surface area contributed by atoms with Gasteiger partial charge in [-0.15, -0.1) is 0 Å². The van der Waals surface area contributed by atoms with Crippen LogP contribution in [0, 0.1) is 0 Å². The molecule has 0 atom stereocenters. The zero-order chi connectivity index (χ0) is 16.6. The molecule has 118 valence electrons. The van der Waals surface area contributed by atoms with E-state index in [-0.39, 0.29) is 16.7 Å². The molecular formula is C15H11ClN2O4S. The molecule has 0 aliphatic heterocycles. The second-order valence-electron chi connectivity index (χ2n) is 4.90. The van der Waals surface area contributed by atoms with Crippen LogP contribution >= 0.6 is 11.6 Å². The van der Waals surface area contributed by atoms with Gasteiger partial charge in [0.15, 0.2) is 5.58 Å². The van der Waals surface area contributed by atoms with Gasteiger partial charge in [0, 0.05) is 28.6 Å². The van der Waals surface area contributed by atoms with Crippen LogP contribution in [0.4, 0.5) is 5.69 Å². The number of halogens is 1. The van der Waals surface area contributed by atoms with Gasteiger partial charge in [0.1, 0.15) is 5.52 Å². The number of aromatic nitrogens is 1. The minimum Gasteiger partial charge on any atom is -0.428 e. The first kappa shape index (κ1) is 15.5. The number of oxazole rings is 1. The number of hydrogen-bond acceptors (Lipinski definition) is 5. The van der Waals surface area contributed by atoms with Crippen molar-refractivity contribution in [1.82, 2.24) is 4.98 Å². The minimum absolute atomic E-state index is 0.277. The van der Waals surface area contributed by atoms with Gasteiger partial charge in [-0.1, -0.05) is 11.6 Å². The van der Waals surface area contributed by atoms with Gasteiger partial charge in [0.05, 0.1) is 0 Å². The summed E-state index contributed by atoms with van der Waals surface area (Å²) >= 11 is 5.78. The summed E-state index contributed by atoms with van der Waals surface area (Å²) in [5.41, 5.74) is 1.59. The van der Waals surface area contributed by atoms with E-state index in [2.05, 4.69) is 10.3 Å². The van der Waals surface area contributed by atoms with E-state index in [1.807, 2.05) is 0 Å². The maximum Gasteiger partial charge on any atom is 0.315 e. The van der Waals surface area contributed by atoms with Crippen LogP contribution < -0.4 is 5.32 Å². The molecule has 23 heavy (non-hydrogen) atoms. The molecule has 6 nitrogen and oxygen atoms in total. The Bertz CT molecular complexity index is 994. The molecule has 2 aromatic carbocycles. The number of rotatable bonds is 3. The van der Waals surface area contributed by atoms with E-state index in [4.69, 9.17) is 16.0 Å². The van der Waals surface area contributed by atoms with Crippen molar-refractivity contribution in [3.05, 3.63) is 53.1 Å². The number of nitrogens with one attached hydrogen (secondary N) is 1. The van der Waals surface area contributed by atoms with Crippen LogP contribution in [0.25, 0.3) is 11.1 Å². The van der Waals surface area contributed by atoms with Crippen LogP contribution in [0.2, 0.25) is 5.02 Å². The number of sulfone groups is 1. The lowest BCUT2D eigenvalue weighted by molar-refractivity contribution is 0.102. The van der Waals surface area contributed by atoms with Gasteiger partial charge in [-0.3, -0.25) is 4.79 Å². The lowest BCUT2D eigenvalue weighted by Gasteiger charge is -2.04. The summed E-state index contributed by atoms with van der Waals surface area (Å²) in [6.07, 6.45) is 1.01. The van der Waals surface area contributed by atoms with Gasteiger partial charge >= 0.3 is 5.22 Å². The van der Waals surface area contributed by atoms with Crippen molar-refractivity contribution < 1.29 is 17.6 Å².